The van der Waals surface area contributed by atoms with E-state index in [1.54, 1.807) is 23.4 Å². The molecule has 2 aromatic rings. The summed E-state index contributed by atoms with van der Waals surface area (Å²) in [4.78, 5) is 27.9. The summed E-state index contributed by atoms with van der Waals surface area (Å²) in [5.74, 6) is -0.871. The van der Waals surface area contributed by atoms with Gasteiger partial charge in [0, 0.05) is 25.0 Å². The van der Waals surface area contributed by atoms with Crippen molar-refractivity contribution in [2.75, 3.05) is 0 Å². The molecule has 21 heavy (non-hydrogen) atoms. The predicted octanol–water partition coefficient (Wildman–Crippen LogP) is 2.63. The van der Waals surface area contributed by atoms with Gasteiger partial charge in [0.05, 0.1) is 6.07 Å². The van der Waals surface area contributed by atoms with E-state index in [0.717, 1.165) is 5.56 Å². The third-order valence-corrected chi connectivity index (χ3v) is 2.94. The number of aromatic nitrogens is 1. The second-order valence-corrected chi connectivity index (χ2v) is 4.78. The average molecular weight is 289 g/mol. The molecular formula is C14H15N3O4. The van der Waals surface area contributed by atoms with Gasteiger partial charge in [-0.1, -0.05) is 6.07 Å². The fourth-order valence-electron chi connectivity index (χ4n) is 1.86. The SMILES string of the molecule is CC(C)N(Cc1cccnc1)C(=O)c1ccc([N+](=O)[O-])o1. The highest BCUT2D eigenvalue weighted by Gasteiger charge is 2.24. The molecule has 1 amide bonds. The smallest absolute Gasteiger partial charge is 0.395 e. The van der Waals surface area contributed by atoms with Crippen molar-refractivity contribution >= 4 is 11.8 Å². The van der Waals surface area contributed by atoms with Crippen LogP contribution in [0.4, 0.5) is 5.88 Å². The van der Waals surface area contributed by atoms with E-state index >= 15 is 0 Å². The zero-order chi connectivity index (χ0) is 15.4. The first-order valence-electron chi connectivity index (χ1n) is 6.43. The Hall–Kier alpha value is -2.70. The van der Waals surface area contributed by atoms with Gasteiger partial charge in [0.15, 0.2) is 5.76 Å². The van der Waals surface area contributed by atoms with E-state index in [4.69, 9.17) is 4.42 Å². The van der Waals surface area contributed by atoms with Gasteiger partial charge in [-0.15, -0.1) is 0 Å². The summed E-state index contributed by atoms with van der Waals surface area (Å²) < 4.78 is 4.97. The van der Waals surface area contributed by atoms with Crippen LogP contribution in [0.5, 0.6) is 0 Å². The van der Waals surface area contributed by atoms with Crippen LogP contribution >= 0.6 is 0 Å². The zero-order valence-corrected chi connectivity index (χ0v) is 11.7. The molecule has 2 rings (SSSR count). The second kappa shape index (κ2) is 6.17. The lowest BCUT2D eigenvalue weighted by Gasteiger charge is -2.25. The summed E-state index contributed by atoms with van der Waals surface area (Å²) in [5.41, 5.74) is 0.876. The molecule has 7 nitrogen and oxygen atoms in total. The minimum atomic E-state index is -0.669. The molecule has 0 radical (unpaired) electrons. The van der Waals surface area contributed by atoms with E-state index in [9.17, 15) is 14.9 Å². The Labute approximate surface area is 121 Å². The highest BCUT2D eigenvalue weighted by Crippen LogP contribution is 2.19. The summed E-state index contributed by atoms with van der Waals surface area (Å²) in [5, 5.41) is 10.6. The molecule has 0 unspecified atom stereocenters. The summed E-state index contributed by atoms with van der Waals surface area (Å²) in [6, 6.07) is 6.06. The predicted molar refractivity (Wildman–Crippen MR) is 74.6 cm³/mol. The first-order chi connectivity index (χ1) is 9.99. The van der Waals surface area contributed by atoms with Crippen LogP contribution in [-0.2, 0) is 6.54 Å². The van der Waals surface area contributed by atoms with Crippen LogP contribution in [0.2, 0.25) is 0 Å². The summed E-state index contributed by atoms with van der Waals surface area (Å²) >= 11 is 0. The summed E-state index contributed by atoms with van der Waals surface area (Å²) in [6.07, 6.45) is 3.33. The maximum absolute atomic E-state index is 12.4. The molecule has 0 saturated heterocycles. The number of carbonyl (C=O) groups excluding carboxylic acids is 1. The van der Waals surface area contributed by atoms with Crippen LogP contribution in [0.3, 0.4) is 0 Å². The van der Waals surface area contributed by atoms with Crippen molar-refractivity contribution in [3.05, 3.63) is 58.1 Å². The van der Waals surface area contributed by atoms with Crippen molar-refractivity contribution in [2.45, 2.75) is 26.4 Å². The Morgan fingerprint density at radius 2 is 2.19 bits per heavy atom. The number of hydrogen-bond donors (Lipinski definition) is 0. The monoisotopic (exact) mass is 289 g/mol. The molecule has 0 aliphatic carbocycles. The number of carbonyl (C=O) groups is 1. The lowest BCUT2D eigenvalue weighted by Crippen LogP contribution is -2.36. The van der Waals surface area contributed by atoms with Crippen molar-refractivity contribution in [3.63, 3.8) is 0 Å². The van der Waals surface area contributed by atoms with Gasteiger partial charge in [-0.3, -0.25) is 19.9 Å². The van der Waals surface area contributed by atoms with Gasteiger partial charge >= 0.3 is 5.88 Å². The highest BCUT2D eigenvalue weighted by atomic mass is 16.6. The minimum absolute atomic E-state index is 0.0423. The number of hydrogen-bond acceptors (Lipinski definition) is 5. The summed E-state index contributed by atoms with van der Waals surface area (Å²) in [6.45, 7) is 4.09. The number of nitro groups is 1. The largest absolute Gasteiger partial charge is 0.433 e. The first-order valence-corrected chi connectivity index (χ1v) is 6.43. The molecule has 0 aliphatic heterocycles. The van der Waals surface area contributed by atoms with E-state index in [-0.39, 0.29) is 17.7 Å². The Balaban J connectivity index is 2.21. The van der Waals surface area contributed by atoms with Gasteiger partial charge in [-0.05, 0) is 31.5 Å². The normalized spacial score (nSPS) is 10.6. The van der Waals surface area contributed by atoms with Gasteiger partial charge in [0.1, 0.15) is 4.92 Å². The van der Waals surface area contributed by atoms with E-state index in [1.165, 1.54) is 12.1 Å². The van der Waals surface area contributed by atoms with Crippen molar-refractivity contribution in [3.8, 4) is 0 Å². The van der Waals surface area contributed by atoms with Gasteiger partial charge in [-0.2, -0.15) is 0 Å². The fourth-order valence-corrected chi connectivity index (χ4v) is 1.86. The molecule has 0 saturated carbocycles. The summed E-state index contributed by atoms with van der Waals surface area (Å²) in [7, 11) is 0. The molecule has 0 aromatic carbocycles. The van der Waals surface area contributed by atoms with Crippen molar-refractivity contribution in [1.29, 1.82) is 0 Å². The fraction of sp³-hybridized carbons (Fsp3) is 0.286. The van der Waals surface area contributed by atoms with E-state index < -0.39 is 10.8 Å². The number of pyridine rings is 1. The van der Waals surface area contributed by atoms with Crippen LogP contribution in [0.25, 0.3) is 0 Å². The van der Waals surface area contributed by atoms with Gasteiger partial charge in [0.2, 0.25) is 0 Å². The molecule has 0 bridgehead atoms. The molecule has 2 aromatic heterocycles. The first kappa shape index (κ1) is 14.7. The molecule has 0 atom stereocenters. The number of furan rings is 1. The standard InChI is InChI=1S/C14H15N3O4/c1-10(2)16(9-11-4-3-7-15-8-11)14(18)12-5-6-13(21-12)17(19)20/h3-8,10H,9H2,1-2H3. The Bertz CT molecular complexity index is 637. The Morgan fingerprint density at radius 3 is 2.71 bits per heavy atom. The molecule has 0 fully saturated rings. The third-order valence-electron chi connectivity index (χ3n) is 2.94. The van der Waals surface area contributed by atoms with Gasteiger partial charge in [0.25, 0.3) is 5.91 Å². The Morgan fingerprint density at radius 1 is 1.43 bits per heavy atom. The van der Waals surface area contributed by atoms with E-state index in [0.29, 0.717) is 6.54 Å². The molecular weight excluding hydrogens is 274 g/mol. The van der Waals surface area contributed by atoms with Crippen molar-refractivity contribution in [2.24, 2.45) is 0 Å². The number of rotatable bonds is 5. The molecule has 7 heteroatoms. The van der Waals surface area contributed by atoms with Crippen LogP contribution in [0.15, 0.2) is 41.1 Å². The lowest BCUT2D eigenvalue weighted by atomic mass is 10.2. The number of amides is 1. The number of nitrogens with zero attached hydrogens (tertiary/aromatic N) is 3. The topological polar surface area (TPSA) is 89.5 Å². The zero-order valence-electron chi connectivity index (χ0n) is 11.7. The second-order valence-electron chi connectivity index (χ2n) is 4.78. The van der Waals surface area contributed by atoms with Crippen LogP contribution in [0.1, 0.15) is 30.0 Å². The lowest BCUT2D eigenvalue weighted by molar-refractivity contribution is -0.402. The van der Waals surface area contributed by atoms with Crippen LogP contribution < -0.4 is 0 Å². The molecule has 0 spiro atoms. The van der Waals surface area contributed by atoms with Crippen LogP contribution in [0, 0.1) is 10.1 Å². The maximum atomic E-state index is 12.4. The highest BCUT2D eigenvalue weighted by molar-refractivity contribution is 5.91. The molecule has 110 valence electrons. The van der Waals surface area contributed by atoms with Gasteiger partial charge < -0.3 is 9.32 Å². The van der Waals surface area contributed by atoms with E-state index in [1.807, 2.05) is 19.9 Å². The van der Waals surface area contributed by atoms with Crippen LogP contribution in [-0.4, -0.2) is 26.8 Å². The maximum Gasteiger partial charge on any atom is 0.433 e. The average Bonchev–Trinajstić information content (AvgIpc) is 2.95. The molecule has 0 aliphatic rings. The van der Waals surface area contributed by atoms with Crippen molar-refractivity contribution in [1.82, 2.24) is 9.88 Å². The van der Waals surface area contributed by atoms with Crippen molar-refractivity contribution < 1.29 is 14.1 Å². The quantitative estimate of drug-likeness (QED) is 0.623. The third kappa shape index (κ3) is 3.44. The van der Waals surface area contributed by atoms with E-state index in [2.05, 4.69) is 4.98 Å². The molecule has 0 N–H and O–H groups in total. The minimum Gasteiger partial charge on any atom is -0.395 e. The van der Waals surface area contributed by atoms with Gasteiger partial charge in [-0.25, -0.2) is 0 Å². The molecule has 2 heterocycles. The Kier molecular flexibility index (Phi) is 4.32.